The molecule has 7 heteroatoms. The van der Waals surface area contributed by atoms with Crippen LogP contribution in [-0.4, -0.2) is 24.0 Å². The first-order valence-electron chi connectivity index (χ1n) is 13.0. The highest BCUT2D eigenvalue weighted by atomic mass is 32.2. The third kappa shape index (κ3) is 3.66. The Morgan fingerprint density at radius 3 is 1.70 bits per heavy atom. The highest BCUT2D eigenvalue weighted by molar-refractivity contribution is 7.86. The largest absolute Gasteiger partial charge is 0.508 e. The van der Waals surface area contributed by atoms with E-state index in [1.807, 2.05) is 36.4 Å². The summed E-state index contributed by atoms with van der Waals surface area (Å²) in [6.07, 6.45) is 0. The number of para-hydroxylation sites is 1. The molecule has 0 heterocycles. The summed E-state index contributed by atoms with van der Waals surface area (Å²) in [7, 11) is -4.49. The first-order chi connectivity index (χ1) is 19.3. The summed E-state index contributed by atoms with van der Waals surface area (Å²) in [4.78, 5) is 14.1. The summed E-state index contributed by atoms with van der Waals surface area (Å²) < 4.78 is 39.9. The molecule has 0 aromatic heterocycles. The van der Waals surface area contributed by atoms with Crippen molar-refractivity contribution in [1.29, 1.82) is 0 Å². The highest BCUT2D eigenvalue weighted by Gasteiger charge is 2.54. The molecular weight excluding hydrogens is 524 g/mol. The molecule has 5 aromatic rings. The van der Waals surface area contributed by atoms with Crippen LogP contribution in [0.15, 0.2) is 114 Å². The Hall–Kier alpha value is -4.46. The van der Waals surface area contributed by atoms with E-state index < -0.39 is 27.9 Å². The summed E-state index contributed by atoms with van der Waals surface area (Å²) in [5.74, 6) is -1.70. The molecule has 0 radical (unpaired) electrons. The Kier molecular flexibility index (Phi) is 5.56. The Bertz CT molecular complexity index is 1880. The van der Waals surface area contributed by atoms with Gasteiger partial charge in [0.15, 0.2) is 0 Å². The van der Waals surface area contributed by atoms with Crippen LogP contribution in [0.1, 0.15) is 45.6 Å². The number of hydrogen-bond donors (Lipinski definition) is 2. The Labute approximate surface area is 231 Å². The smallest absolute Gasteiger partial charge is 0.315 e. The van der Waals surface area contributed by atoms with Crippen molar-refractivity contribution in [3.05, 3.63) is 137 Å². The molecular formula is C33H24O6S. The van der Waals surface area contributed by atoms with Gasteiger partial charge in [-0.25, -0.2) is 0 Å². The van der Waals surface area contributed by atoms with Crippen LogP contribution < -0.4 is 4.74 Å². The minimum atomic E-state index is -4.49. The van der Waals surface area contributed by atoms with Gasteiger partial charge < -0.3 is 9.84 Å². The number of rotatable bonds is 4. The molecule has 5 aromatic carbocycles. The zero-order chi connectivity index (χ0) is 27.6. The van der Waals surface area contributed by atoms with Gasteiger partial charge in [-0.2, -0.15) is 8.42 Å². The highest BCUT2D eigenvalue weighted by Crippen LogP contribution is 2.62. The number of carbonyl (C=O) groups excluding carboxylic acids is 1. The molecule has 40 heavy (non-hydrogen) atoms. The van der Waals surface area contributed by atoms with Gasteiger partial charge in [-0.3, -0.25) is 9.35 Å². The van der Waals surface area contributed by atoms with Gasteiger partial charge in [-0.15, -0.1) is 0 Å². The molecule has 2 unspecified atom stereocenters. The molecule has 2 bridgehead atoms. The normalized spacial score (nSPS) is 21.0. The van der Waals surface area contributed by atoms with Crippen molar-refractivity contribution in [2.24, 2.45) is 5.92 Å². The second kappa shape index (κ2) is 9.05. The lowest BCUT2D eigenvalue weighted by molar-refractivity contribution is -0.141. The fraction of sp³-hybridized carbons (Fsp3) is 0.121. The topological polar surface area (TPSA) is 101 Å². The Morgan fingerprint density at radius 2 is 1.12 bits per heavy atom. The number of benzene rings is 5. The van der Waals surface area contributed by atoms with Gasteiger partial charge in [0.2, 0.25) is 0 Å². The average Bonchev–Trinajstić information content (AvgIpc) is 2.96. The van der Waals surface area contributed by atoms with Crippen LogP contribution in [0.5, 0.6) is 11.5 Å². The molecule has 0 spiro atoms. The van der Waals surface area contributed by atoms with Crippen molar-refractivity contribution >= 4 is 26.9 Å². The zero-order valence-corrected chi connectivity index (χ0v) is 22.0. The maximum atomic E-state index is 14.3. The van der Waals surface area contributed by atoms with E-state index in [9.17, 15) is 22.9 Å². The zero-order valence-electron chi connectivity index (χ0n) is 21.1. The molecule has 2 N–H and O–H groups in total. The minimum Gasteiger partial charge on any atom is -0.508 e. The van der Waals surface area contributed by atoms with Gasteiger partial charge in [-0.1, -0.05) is 91.0 Å². The number of carbonyl (C=O) groups is 1. The minimum absolute atomic E-state index is 0.121. The Balaban J connectivity index is 1.41. The van der Waals surface area contributed by atoms with Gasteiger partial charge >= 0.3 is 5.97 Å². The van der Waals surface area contributed by atoms with Crippen LogP contribution in [-0.2, 0) is 14.9 Å². The van der Waals surface area contributed by atoms with Crippen LogP contribution in [0, 0.1) is 5.92 Å². The average molecular weight is 549 g/mol. The molecule has 198 valence electrons. The number of aromatic hydroxyl groups is 1. The van der Waals surface area contributed by atoms with E-state index in [4.69, 9.17) is 4.74 Å². The van der Waals surface area contributed by atoms with Gasteiger partial charge in [0.25, 0.3) is 10.1 Å². The van der Waals surface area contributed by atoms with Crippen LogP contribution >= 0.6 is 0 Å². The van der Waals surface area contributed by atoms with Crippen molar-refractivity contribution in [3.8, 4) is 11.5 Å². The number of ether oxygens (including phenoxy) is 1. The molecule has 8 rings (SSSR count). The predicted octanol–water partition coefficient (Wildman–Crippen LogP) is 6.39. The summed E-state index contributed by atoms with van der Waals surface area (Å²) in [5, 5.41) is 11.6. The lowest BCUT2D eigenvalue weighted by atomic mass is 9.53. The fourth-order valence-electron chi connectivity index (χ4n) is 6.84. The van der Waals surface area contributed by atoms with Crippen LogP contribution in [0.3, 0.4) is 0 Å². The van der Waals surface area contributed by atoms with E-state index >= 15 is 0 Å². The maximum absolute atomic E-state index is 14.3. The summed E-state index contributed by atoms with van der Waals surface area (Å²) in [5.41, 5.74) is 5.06. The summed E-state index contributed by atoms with van der Waals surface area (Å²) in [6, 6.07) is 32.6. The van der Waals surface area contributed by atoms with E-state index in [-0.39, 0.29) is 33.6 Å². The van der Waals surface area contributed by atoms with E-state index in [2.05, 4.69) is 24.3 Å². The molecule has 0 fully saturated rings. The second-order valence-corrected chi connectivity index (χ2v) is 11.7. The number of phenols is 1. The van der Waals surface area contributed by atoms with E-state index in [1.165, 1.54) is 12.1 Å². The fourth-order valence-corrected chi connectivity index (χ4v) is 7.53. The van der Waals surface area contributed by atoms with Crippen molar-refractivity contribution in [1.82, 2.24) is 0 Å². The van der Waals surface area contributed by atoms with E-state index in [1.54, 1.807) is 36.4 Å². The quantitative estimate of drug-likeness (QED) is 0.153. The number of esters is 1. The molecule has 3 aliphatic carbocycles. The SMILES string of the molecule is O=C(Oc1ccc(S(=O)(=O)O)c2ccccc12)C1C2c3ccccc3C(c3ccccc32)C1c1ccccc1O. The standard InChI is InChI=1S/C33H24O6S/c34-26-16-8-7-15-25(26)31-29-21-11-3-5-13-23(21)30(24-14-6-4-12-22(24)29)32(31)33(35)39-27-17-18-28(40(36,37)38)20-10-2-1-9-19(20)27/h1-18,29-32,34H,(H,36,37,38). The first kappa shape index (κ1) is 24.6. The number of phenolic OH excluding ortho intramolecular Hbond substituents is 1. The van der Waals surface area contributed by atoms with Gasteiger partial charge in [0.1, 0.15) is 16.4 Å². The van der Waals surface area contributed by atoms with Crippen LogP contribution in [0.2, 0.25) is 0 Å². The summed E-state index contributed by atoms with van der Waals surface area (Å²) >= 11 is 0. The van der Waals surface area contributed by atoms with Crippen molar-refractivity contribution in [3.63, 3.8) is 0 Å². The molecule has 0 aliphatic heterocycles. The third-order valence-electron chi connectivity index (χ3n) is 8.34. The molecule has 3 aliphatic rings. The second-order valence-electron chi connectivity index (χ2n) is 10.3. The van der Waals surface area contributed by atoms with Crippen molar-refractivity contribution in [2.45, 2.75) is 22.6 Å². The van der Waals surface area contributed by atoms with Gasteiger partial charge in [-0.05, 0) is 46.0 Å². The lowest BCUT2D eigenvalue weighted by Gasteiger charge is -2.49. The maximum Gasteiger partial charge on any atom is 0.315 e. The first-order valence-corrected chi connectivity index (χ1v) is 14.4. The van der Waals surface area contributed by atoms with Crippen LogP contribution in [0.25, 0.3) is 10.8 Å². The van der Waals surface area contributed by atoms with Gasteiger partial charge in [0, 0.05) is 28.5 Å². The molecule has 0 amide bonds. The monoisotopic (exact) mass is 548 g/mol. The molecule has 2 atom stereocenters. The van der Waals surface area contributed by atoms with Gasteiger partial charge in [0.05, 0.1) is 5.92 Å². The van der Waals surface area contributed by atoms with E-state index in [0.29, 0.717) is 10.9 Å². The number of hydrogen-bond acceptors (Lipinski definition) is 5. The predicted molar refractivity (Wildman–Crippen MR) is 150 cm³/mol. The van der Waals surface area contributed by atoms with Crippen LogP contribution in [0.4, 0.5) is 0 Å². The molecule has 0 saturated heterocycles. The Morgan fingerprint density at radius 1 is 0.625 bits per heavy atom. The van der Waals surface area contributed by atoms with Crippen molar-refractivity contribution in [2.75, 3.05) is 0 Å². The molecule has 6 nitrogen and oxygen atoms in total. The molecule has 0 saturated carbocycles. The van der Waals surface area contributed by atoms with Crippen molar-refractivity contribution < 1.29 is 27.6 Å². The number of fused-ring (bicyclic) bond motifs is 2. The third-order valence-corrected chi connectivity index (χ3v) is 9.25. The summed E-state index contributed by atoms with van der Waals surface area (Å²) in [6.45, 7) is 0. The van der Waals surface area contributed by atoms with E-state index in [0.717, 1.165) is 22.3 Å². The lowest BCUT2D eigenvalue weighted by Crippen LogP contribution is -2.43.